The molecule has 3 heterocycles. The highest BCUT2D eigenvalue weighted by Crippen LogP contribution is 2.36. The van der Waals surface area contributed by atoms with Crippen molar-refractivity contribution in [3.63, 3.8) is 0 Å². The molecule has 5 rings (SSSR count). The number of pyridine rings is 1. The lowest BCUT2D eigenvalue weighted by Crippen LogP contribution is -2.57. The molecular weight excluding hydrogens is 444 g/mol. The molecule has 0 radical (unpaired) electrons. The predicted molar refractivity (Wildman–Crippen MR) is 127 cm³/mol. The highest BCUT2D eigenvalue weighted by Gasteiger charge is 2.35. The van der Waals surface area contributed by atoms with Crippen LogP contribution < -0.4 is 4.90 Å². The minimum absolute atomic E-state index is 0.126. The normalized spacial score (nSPS) is 19.5. The van der Waals surface area contributed by atoms with Gasteiger partial charge in [0.25, 0.3) is 0 Å². The van der Waals surface area contributed by atoms with Gasteiger partial charge in [0.2, 0.25) is 0 Å². The van der Waals surface area contributed by atoms with Crippen LogP contribution in [0.4, 0.5) is 14.5 Å². The summed E-state index contributed by atoms with van der Waals surface area (Å²) in [6.07, 6.45) is 1.63. The van der Waals surface area contributed by atoms with Gasteiger partial charge in [0.15, 0.2) is 5.65 Å². The number of hydrogen-bond donors (Lipinski definition) is 1. The molecule has 1 N–H and O–H groups in total. The maximum atomic E-state index is 13.7. The second kappa shape index (κ2) is 8.72. The highest BCUT2D eigenvalue weighted by atomic mass is 35.5. The summed E-state index contributed by atoms with van der Waals surface area (Å²) in [4.78, 5) is 16.5. The zero-order valence-electron chi connectivity index (χ0n) is 18.3. The predicted octanol–water partition coefficient (Wildman–Crippen LogP) is 5.58. The first-order valence-corrected chi connectivity index (χ1v) is 11.3. The Hall–Kier alpha value is -3.03. The van der Waals surface area contributed by atoms with Gasteiger partial charge >= 0.3 is 0 Å². The maximum Gasteiger partial charge on any atom is 0.180 e. The van der Waals surface area contributed by atoms with E-state index < -0.39 is 0 Å². The van der Waals surface area contributed by atoms with E-state index in [1.54, 1.807) is 6.33 Å². The van der Waals surface area contributed by atoms with Gasteiger partial charge in [-0.3, -0.25) is 4.90 Å². The van der Waals surface area contributed by atoms with Crippen LogP contribution >= 0.6 is 11.6 Å². The number of imidazole rings is 1. The van der Waals surface area contributed by atoms with E-state index in [9.17, 15) is 8.78 Å². The number of piperazine rings is 1. The number of aromatic amines is 1. The minimum atomic E-state index is -0.277. The van der Waals surface area contributed by atoms with Crippen LogP contribution in [-0.4, -0.2) is 45.0 Å². The van der Waals surface area contributed by atoms with Crippen LogP contribution in [0.5, 0.6) is 0 Å². The number of fused-ring (bicyclic) bond motifs is 1. The Morgan fingerprint density at radius 1 is 0.939 bits per heavy atom. The summed E-state index contributed by atoms with van der Waals surface area (Å²) in [6, 6.07) is 15.2. The number of hydrogen-bond acceptors (Lipinski definition) is 4. The number of H-pyrrole nitrogens is 1. The number of nitrogens with one attached hydrogen (secondary N) is 1. The Labute approximate surface area is 196 Å². The molecule has 0 bridgehead atoms. The van der Waals surface area contributed by atoms with Crippen molar-refractivity contribution in [2.24, 2.45) is 0 Å². The first kappa shape index (κ1) is 21.8. The van der Waals surface area contributed by atoms with Crippen molar-refractivity contribution in [1.29, 1.82) is 0 Å². The summed E-state index contributed by atoms with van der Waals surface area (Å²) in [6.45, 7) is 5.83. The molecule has 33 heavy (non-hydrogen) atoms. The molecule has 0 amide bonds. The lowest BCUT2D eigenvalue weighted by Gasteiger charge is -2.48. The molecular formula is C25H24ClF2N5. The lowest BCUT2D eigenvalue weighted by atomic mass is 9.93. The molecule has 1 fully saturated rings. The van der Waals surface area contributed by atoms with Gasteiger partial charge in [-0.15, -0.1) is 0 Å². The van der Waals surface area contributed by atoms with Crippen LogP contribution in [0.25, 0.3) is 11.2 Å². The Morgan fingerprint density at radius 3 is 2.15 bits per heavy atom. The smallest absolute Gasteiger partial charge is 0.180 e. The third-order valence-corrected chi connectivity index (χ3v) is 6.58. The Balaban J connectivity index is 1.51. The van der Waals surface area contributed by atoms with E-state index in [0.29, 0.717) is 10.8 Å². The molecule has 1 aliphatic heterocycles. The molecule has 0 spiro atoms. The summed E-state index contributed by atoms with van der Waals surface area (Å²) < 4.78 is 27.3. The van der Waals surface area contributed by atoms with Crippen LogP contribution in [0, 0.1) is 11.6 Å². The van der Waals surface area contributed by atoms with E-state index in [1.165, 1.54) is 24.3 Å². The van der Waals surface area contributed by atoms with Gasteiger partial charge in [0, 0.05) is 31.2 Å². The third-order valence-electron chi connectivity index (χ3n) is 6.39. The second-order valence-corrected chi connectivity index (χ2v) is 9.01. The highest BCUT2D eigenvalue weighted by molar-refractivity contribution is 6.30. The van der Waals surface area contributed by atoms with Crippen LogP contribution in [0.15, 0.2) is 60.9 Å². The minimum Gasteiger partial charge on any atom is -0.364 e. The zero-order valence-corrected chi connectivity index (χ0v) is 19.1. The number of rotatable bonds is 4. The summed E-state index contributed by atoms with van der Waals surface area (Å²) in [7, 11) is 0. The molecule has 5 nitrogen and oxygen atoms in total. The number of anilines is 1. The van der Waals surface area contributed by atoms with Gasteiger partial charge in [-0.1, -0.05) is 35.9 Å². The van der Waals surface area contributed by atoms with E-state index in [0.717, 1.165) is 35.4 Å². The molecule has 2 atom stereocenters. The van der Waals surface area contributed by atoms with E-state index in [1.807, 2.05) is 30.3 Å². The molecule has 1 aliphatic rings. The fourth-order valence-electron chi connectivity index (χ4n) is 4.82. The van der Waals surface area contributed by atoms with Gasteiger partial charge < -0.3 is 9.88 Å². The first-order valence-electron chi connectivity index (χ1n) is 10.9. The molecule has 2 aromatic carbocycles. The Bertz CT molecular complexity index is 1210. The largest absolute Gasteiger partial charge is 0.364 e. The average Bonchev–Trinajstić information content (AvgIpc) is 3.26. The first-order chi connectivity index (χ1) is 15.9. The molecule has 2 aromatic heterocycles. The number of nitrogens with zero attached hydrogens (tertiary/aromatic N) is 4. The van der Waals surface area contributed by atoms with Gasteiger partial charge in [-0.2, -0.15) is 0 Å². The number of benzene rings is 2. The molecule has 0 aliphatic carbocycles. The third kappa shape index (κ3) is 4.18. The molecule has 0 saturated carbocycles. The van der Waals surface area contributed by atoms with E-state index in [2.05, 4.69) is 38.6 Å². The lowest BCUT2D eigenvalue weighted by molar-refractivity contribution is 0.130. The van der Waals surface area contributed by atoms with Gasteiger partial charge in [0.05, 0.1) is 18.1 Å². The van der Waals surface area contributed by atoms with Gasteiger partial charge in [-0.05, 0) is 49.2 Å². The SMILES string of the molecule is C[C@@H]1CN(c2cc(Cl)nc3nc[nH]c23)[C@@H](C)CN1C(c1ccc(F)cc1)c1ccc(F)cc1. The van der Waals surface area contributed by atoms with E-state index >= 15 is 0 Å². The summed E-state index contributed by atoms with van der Waals surface area (Å²) in [5, 5.41) is 0.405. The monoisotopic (exact) mass is 467 g/mol. The fraction of sp³-hybridized carbons (Fsp3) is 0.280. The summed E-state index contributed by atoms with van der Waals surface area (Å²) in [5.74, 6) is -0.554. The molecule has 170 valence electrons. The van der Waals surface area contributed by atoms with Crippen molar-refractivity contribution in [1.82, 2.24) is 19.9 Å². The Morgan fingerprint density at radius 2 is 1.55 bits per heavy atom. The Kier molecular flexibility index (Phi) is 5.76. The molecule has 0 unspecified atom stereocenters. The van der Waals surface area contributed by atoms with E-state index in [4.69, 9.17) is 11.6 Å². The number of halogens is 3. The van der Waals surface area contributed by atoms with Gasteiger partial charge in [-0.25, -0.2) is 18.7 Å². The quantitative estimate of drug-likeness (QED) is 0.398. The number of aromatic nitrogens is 3. The van der Waals surface area contributed by atoms with Crippen molar-refractivity contribution < 1.29 is 8.78 Å². The van der Waals surface area contributed by atoms with Gasteiger partial charge in [0.1, 0.15) is 22.3 Å². The van der Waals surface area contributed by atoms with Crippen LogP contribution in [-0.2, 0) is 0 Å². The van der Waals surface area contributed by atoms with Crippen LogP contribution in [0.3, 0.4) is 0 Å². The average molecular weight is 468 g/mol. The molecule has 1 saturated heterocycles. The van der Waals surface area contributed by atoms with Crippen molar-refractivity contribution in [2.75, 3.05) is 18.0 Å². The standard InChI is InChI=1S/C25H24ClF2N5/c1-15-13-33(16(2)12-32(15)21-11-22(26)31-25-23(21)29-14-30-25)24(17-3-7-19(27)8-4-17)18-5-9-20(28)10-6-18/h3-11,14-16,24H,12-13H2,1-2H3,(H,29,30,31)/t15-,16+/m0/s1. The maximum absolute atomic E-state index is 13.7. The fourth-order valence-corrected chi connectivity index (χ4v) is 5.00. The molecule has 4 aromatic rings. The van der Waals surface area contributed by atoms with Crippen molar-refractivity contribution in [2.45, 2.75) is 32.0 Å². The van der Waals surface area contributed by atoms with Crippen molar-refractivity contribution in [3.05, 3.63) is 88.8 Å². The zero-order chi connectivity index (χ0) is 23.1. The van der Waals surface area contributed by atoms with Crippen LogP contribution in [0.2, 0.25) is 5.15 Å². The van der Waals surface area contributed by atoms with Crippen LogP contribution in [0.1, 0.15) is 31.0 Å². The van der Waals surface area contributed by atoms with Crippen molar-refractivity contribution >= 4 is 28.5 Å². The molecule has 8 heteroatoms. The summed E-state index contributed by atoms with van der Waals surface area (Å²) >= 11 is 6.29. The van der Waals surface area contributed by atoms with Crippen molar-refractivity contribution in [3.8, 4) is 0 Å². The van der Waals surface area contributed by atoms with E-state index in [-0.39, 0.29) is 29.8 Å². The second-order valence-electron chi connectivity index (χ2n) is 8.62. The summed E-state index contributed by atoms with van der Waals surface area (Å²) in [5.41, 5.74) is 4.37. The topological polar surface area (TPSA) is 48.1 Å².